The normalized spacial score (nSPS) is 16.5. The third-order valence-electron chi connectivity index (χ3n) is 7.01. The van der Waals surface area contributed by atoms with E-state index in [2.05, 4.69) is 17.6 Å². The molecular weight excluding hydrogens is 494 g/mol. The van der Waals surface area contributed by atoms with Crippen molar-refractivity contribution in [1.82, 2.24) is 10.2 Å². The summed E-state index contributed by atoms with van der Waals surface area (Å²) in [4.78, 5) is 39.6. The molecule has 0 bridgehead atoms. The number of ether oxygens (including phenoxy) is 2. The molecule has 1 aliphatic rings. The lowest BCUT2D eigenvalue weighted by Gasteiger charge is -2.29. The molecule has 1 unspecified atom stereocenters. The number of nitrogens with zero attached hydrogens (tertiary/aromatic N) is 1. The van der Waals surface area contributed by atoms with E-state index >= 15 is 0 Å². The standard InChI is InChI=1S/C31H43N3O5/c1-3-5-6-7-8-10-13-25-16-18-27(19-17-25)32-29(36)33-31(22-28(35)38-4-2)20-21-34(24-31)30(37)39-23-26-14-11-9-12-15-26/h9,11-12,14-19H,3-8,10,13,20-24H2,1-2H3,(H2,32,33,36). The topological polar surface area (TPSA) is 97.0 Å². The number of amides is 3. The number of carbonyl (C=O) groups excluding carboxylic acids is 3. The molecule has 2 aromatic carbocycles. The van der Waals surface area contributed by atoms with E-state index in [0.717, 1.165) is 18.4 Å². The molecule has 3 rings (SSSR count). The Balaban J connectivity index is 1.53. The van der Waals surface area contributed by atoms with Crippen molar-refractivity contribution in [3.8, 4) is 0 Å². The lowest BCUT2D eigenvalue weighted by molar-refractivity contribution is -0.144. The van der Waals surface area contributed by atoms with Gasteiger partial charge in [-0.25, -0.2) is 9.59 Å². The molecule has 0 spiro atoms. The summed E-state index contributed by atoms with van der Waals surface area (Å²) in [6.07, 6.45) is 8.47. The fourth-order valence-electron chi connectivity index (χ4n) is 4.89. The molecule has 2 aromatic rings. The molecule has 1 saturated heterocycles. The zero-order chi connectivity index (χ0) is 27.9. The Morgan fingerprint density at radius 2 is 1.59 bits per heavy atom. The van der Waals surface area contributed by atoms with E-state index in [1.165, 1.54) is 42.6 Å². The third-order valence-corrected chi connectivity index (χ3v) is 7.01. The van der Waals surface area contributed by atoms with Gasteiger partial charge in [0.25, 0.3) is 0 Å². The van der Waals surface area contributed by atoms with E-state index in [9.17, 15) is 14.4 Å². The number of benzene rings is 2. The molecule has 8 nitrogen and oxygen atoms in total. The Kier molecular flexibility index (Phi) is 12.1. The predicted octanol–water partition coefficient (Wildman–Crippen LogP) is 6.45. The second-order valence-corrected chi connectivity index (χ2v) is 10.3. The van der Waals surface area contributed by atoms with Gasteiger partial charge in [-0.3, -0.25) is 4.79 Å². The van der Waals surface area contributed by atoms with E-state index in [4.69, 9.17) is 9.47 Å². The molecule has 0 saturated carbocycles. The van der Waals surface area contributed by atoms with Crippen LogP contribution in [0.2, 0.25) is 0 Å². The van der Waals surface area contributed by atoms with Crippen molar-refractivity contribution in [2.24, 2.45) is 0 Å². The van der Waals surface area contributed by atoms with Crippen molar-refractivity contribution >= 4 is 23.8 Å². The summed E-state index contributed by atoms with van der Waals surface area (Å²) in [6, 6.07) is 16.9. The van der Waals surface area contributed by atoms with Crippen molar-refractivity contribution < 1.29 is 23.9 Å². The van der Waals surface area contributed by atoms with Crippen LogP contribution in [0.3, 0.4) is 0 Å². The molecule has 1 atom stereocenters. The average molecular weight is 538 g/mol. The maximum Gasteiger partial charge on any atom is 0.410 e. The van der Waals surface area contributed by atoms with Crippen LogP contribution in [0, 0.1) is 0 Å². The molecule has 2 N–H and O–H groups in total. The quantitative estimate of drug-likeness (QED) is 0.213. The molecule has 39 heavy (non-hydrogen) atoms. The summed E-state index contributed by atoms with van der Waals surface area (Å²) in [5.41, 5.74) is 1.86. The second-order valence-electron chi connectivity index (χ2n) is 10.3. The monoisotopic (exact) mass is 537 g/mol. The number of anilines is 1. The first-order chi connectivity index (χ1) is 18.9. The summed E-state index contributed by atoms with van der Waals surface area (Å²) in [6.45, 7) is 4.88. The number of hydrogen-bond donors (Lipinski definition) is 2. The summed E-state index contributed by atoms with van der Waals surface area (Å²) < 4.78 is 10.6. The summed E-state index contributed by atoms with van der Waals surface area (Å²) in [5.74, 6) is -0.420. The van der Waals surface area contributed by atoms with Gasteiger partial charge in [0.2, 0.25) is 0 Å². The van der Waals surface area contributed by atoms with Crippen molar-refractivity contribution in [2.45, 2.75) is 83.8 Å². The first-order valence-electron chi connectivity index (χ1n) is 14.2. The molecule has 0 aromatic heterocycles. The van der Waals surface area contributed by atoms with Crippen LogP contribution < -0.4 is 10.6 Å². The number of rotatable bonds is 14. The highest BCUT2D eigenvalue weighted by Crippen LogP contribution is 2.27. The number of carbonyl (C=O) groups is 3. The van der Waals surface area contributed by atoms with E-state index in [1.54, 1.807) is 6.92 Å². The second kappa shape index (κ2) is 15.8. The molecule has 212 valence electrons. The number of esters is 1. The summed E-state index contributed by atoms with van der Waals surface area (Å²) in [7, 11) is 0. The third kappa shape index (κ3) is 10.3. The van der Waals surface area contributed by atoms with Crippen molar-refractivity contribution in [2.75, 3.05) is 25.0 Å². The van der Waals surface area contributed by atoms with Gasteiger partial charge >= 0.3 is 18.1 Å². The van der Waals surface area contributed by atoms with Crippen molar-refractivity contribution in [3.05, 3.63) is 65.7 Å². The number of hydrogen-bond acceptors (Lipinski definition) is 5. The molecule has 1 aliphatic heterocycles. The highest BCUT2D eigenvalue weighted by atomic mass is 16.6. The lowest BCUT2D eigenvalue weighted by atomic mass is 9.94. The molecule has 1 heterocycles. The number of nitrogens with one attached hydrogen (secondary N) is 2. The first-order valence-corrected chi connectivity index (χ1v) is 14.2. The van der Waals surface area contributed by atoms with E-state index in [1.807, 2.05) is 54.6 Å². The Labute approximate surface area is 232 Å². The lowest BCUT2D eigenvalue weighted by Crippen LogP contribution is -2.53. The van der Waals surface area contributed by atoms with Crippen LogP contribution in [0.25, 0.3) is 0 Å². The van der Waals surface area contributed by atoms with Gasteiger partial charge in [-0.2, -0.15) is 0 Å². The van der Waals surface area contributed by atoms with Gasteiger partial charge in [0, 0.05) is 18.8 Å². The number of aryl methyl sites for hydroxylation is 1. The van der Waals surface area contributed by atoms with E-state index in [0.29, 0.717) is 18.7 Å². The fraction of sp³-hybridized carbons (Fsp3) is 0.516. The van der Waals surface area contributed by atoms with Gasteiger partial charge < -0.3 is 25.0 Å². The maximum absolute atomic E-state index is 13.0. The number of unbranched alkanes of at least 4 members (excludes halogenated alkanes) is 5. The smallest absolute Gasteiger partial charge is 0.410 e. The van der Waals surface area contributed by atoms with E-state index in [-0.39, 0.29) is 26.2 Å². The summed E-state index contributed by atoms with van der Waals surface area (Å²) >= 11 is 0. The SMILES string of the molecule is CCCCCCCCc1ccc(NC(=O)NC2(CC(=O)OCC)CCN(C(=O)OCc3ccccc3)C2)cc1. The maximum atomic E-state index is 13.0. The van der Waals surface area contributed by atoms with Crippen LogP contribution in [-0.2, 0) is 27.3 Å². The molecule has 1 fully saturated rings. The summed E-state index contributed by atoms with van der Waals surface area (Å²) in [5, 5.41) is 5.83. The van der Waals surface area contributed by atoms with Crippen molar-refractivity contribution in [1.29, 1.82) is 0 Å². The van der Waals surface area contributed by atoms with Crippen LogP contribution in [0.5, 0.6) is 0 Å². The molecule has 0 aliphatic carbocycles. The number of likely N-dealkylation sites (tertiary alicyclic amines) is 1. The minimum atomic E-state index is -0.945. The van der Waals surface area contributed by atoms with Gasteiger partial charge in [-0.1, -0.05) is 81.5 Å². The molecule has 3 amide bonds. The Morgan fingerprint density at radius 1 is 0.872 bits per heavy atom. The fourth-order valence-corrected chi connectivity index (χ4v) is 4.89. The van der Waals surface area contributed by atoms with E-state index < -0.39 is 23.6 Å². The molecular formula is C31H43N3O5. The van der Waals surface area contributed by atoms with Crippen LogP contribution in [0.1, 0.15) is 76.3 Å². The Hall–Kier alpha value is -3.55. The van der Waals surface area contributed by atoms with Gasteiger partial charge in [-0.05, 0) is 49.4 Å². The van der Waals surface area contributed by atoms with Crippen LogP contribution in [0.4, 0.5) is 15.3 Å². The number of urea groups is 1. The predicted molar refractivity (Wildman–Crippen MR) is 152 cm³/mol. The van der Waals surface area contributed by atoms with Crippen molar-refractivity contribution in [3.63, 3.8) is 0 Å². The molecule has 0 radical (unpaired) electrons. The van der Waals surface area contributed by atoms with Gasteiger partial charge in [0.05, 0.1) is 18.6 Å². The Bertz CT molecular complexity index is 1040. The minimum absolute atomic E-state index is 0.0338. The highest BCUT2D eigenvalue weighted by Gasteiger charge is 2.44. The molecule has 8 heteroatoms. The van der Waals surface area contributed by atoms with Crippen LogP contribution >= 0.6 is 0 Å². The minimum Gasteiger partial charge on any atom is -0.466 e. The van der Waals surface area contributed by atoms with Crippen LogP contribution in [0.15, 0.2) is 54.6 Å². The largest absolute Gasteiger partial charge is 0.466 e. The zero-order valence-corrected chi connectivity index (χ0v) is 23.4. The highest BCUT2D eigenvalue weighted by molar-refractivity contribution is 5.90. The van der Waals surface area contributed by atoms with Gasteiger partial charge in [0.1, 0.15) is 6.61 Å². The van der Waals surface area contributed by atoms with Crippen LogP contribution in [-0.4, -0.2) is 48.2 Å². The average Bonchev–Trinajstić information content (AvgIpc) is 3.34. The zero-order valence-electron chi connectivity index (χ0n) is 23.4. The Morgan fingerprint density at radius 3 is 2.31 bits per heavy atom. The first kappa shape index (κ1) is 30.0. The van der Waals surface area contributed by atoms with Gasteiger partial charge in [-0.15, -0.1) is 0 Å². The van der Waals surface area contributed by atoms with Gasteiger partial charge in [0.15, 0.2) is 0 Å².